The van der Waals surface area contributed by atoms with Gasteiger partial charge >= 0.3 is 5.97 Å². The van der Waals surface area contributed by atoms with Crippen molar-refractivity contribution in [3.63, 3.8) is 0 Å². The largest absolute Gasteiger partial charge is 0.384 e. The van der Waals surface area contributed by atoms with Gasteiger partial charge in [-0.25, -0.2) is 4.79 Å². The van der Waals surface area contributed by atoms with Gasteiger partial charge in [-0.2, -0.15) is 16.8 Å². The molecule has 0 radical (unpaired) electrons. The second kappa shape index (κ2) is 8.22. The van der Waals surface area contributed by atoms with Gasteiger partial charge in [0.2, 0.25) is 0 Å². The average molecular weight is 472 g/mol. The predicted octanol–water partition coefficient (Wildman–Crippen LogP) is 0.742. The molecule has 2 aromatic carbocycles. The molecule has 3 N–H and O–H groups in total. The molecule has 1 aliphatic heterocycles. The Kier molecular flexibility index (Phi) is 6.00. The highest BCUT2D eigenvalue weighted by Crippen LogP contribution is 2.29. The molecule has 0 aromatic heterocycles. The van der Waals surface area contributed by atoms with Crippen LogP contribution in [0.1, 0.15) is 19.3 Å². The van der Waals surface area contributed by atoms with Crippen molar-refractivity contribution in [3.8, 4) is 0 Å². The van der Waals surface area contributed by atoms with Crippen LogP contribution >= 0.6 is 0 Å². The maximum atomic E-state index is 11.8. The van der Waals surface area contributed by atoms with Gasteiger partial charge in [0.15, 0.2) is 0 Å². The number of nitrogens with zero attached hydrogens (tertiary/aromatic N) is 1. The number of anilines is 1. The topological polar surface area (TPSA) is 184 Å². The molecule has 0 spiro atoms. The first-order valence-corrected chi connectivity index (χ1v) is 11.6. The lowest BCUT2D eigenvalue weighted by Crippen LogP contribution is -2.32. The Hall–Kier alpha value is -3.07. The summed E-state index contributed by atoms with van der Waals surface area (Å²) in [5.41, 5.74) is 0.349. The first-order chi connectivity index (χ1) is 14.4. The molecular formula is C17H16N2O10S2. The second-order valence-electron chi connectivity index (χ2n) is 6.53. The van der Waals surface area contributed by atoms with Crippen LogP contribution in [0, 0.1) is 0 Å². The van der Waals surface area contributed by atoms with Gasteiger partial charge in [0.05, 0.1) is 11.3 Å². The number of hydroxylamine groups is 2. The Balaban J connectivity index is 1.77. The van der Waals surface area contributed by atoms with E-state index in [0.29, 0.717) is 16.8 Å². The predicted molar refractivity (Wildman–Crippen MR) is 104 cm³/mol. The van der Waals surface area contributed by atoms with Crippen LogP contribution in [-0.4, -0.2) is 55.3 Å². The molecule has 2 amide bonds. The van der Waals surface area contributed by atoms with E-state index in [1.165, 1.54) is 18.2 Å². The lowest BCUT2D eigenvalue weighted by atomic mass is 10.1. The van der Waals surface area contributed by atoms with Crippen molar-refractivity contribution in [1.82, 2.24) is 5.06 Å². The summed E-state index contributed by atoms with van der Waals surface area (Å²) in [5.74, 6) is -2.05. The van der Waals surface area contributed by atoms with Gasteiger partial charge in [-0.3, -0.25) is 18.7 Å². The van der Waals surface area contributed by atoms with Crippen molar-refractivity contribution in [2.24, 2.45) is 0 Å². The summed E-state index contributed by atoms with van der Waals surface area (Å²) in [6.07, 6.45) is -0.284. The molecule has 2 aromatic rings. The summed E-state index contributed by atoms with van der Waals surface area (Å²) in [6.45, 7) is 0.00368. The van der Waals surface area contributed by atoms with E-state index < -0.39 is 47.8 Å². The number of imide groups is 1. The number of rotatable bonds is 7. The van der Waals surface area contributed by atoms with E-state index in [0.717, 1.165) is 6.07 Å². The van der Waals surface area contributed by atoms with Gasteiger partial charge < -0.3 is 10.2 Å². The van der Waals surface area contributed by atoms with Crippen LogP contribution in [0.5, 0.6) is 0 Å². The third-order valence-corrected chi connectivity index (χ3v) is 6.05. The van der Waals surface area contributed by atoms with Gasteiger partial charge in [-0.15, -0.1) is 5.06 Å². The molecule has 0 unspecified atom stereocenters. The number of nitrogens with one attached hydrogen (secondary N) is 1. The van der Waals surface area contributed by atoms with Crippen molar-refractivity contribution >= 4 is 54.5 Å². The molecule has 0 bridgehead atoms. The number of carbonyl (C=O) groups excluding carboxylic acids is 3. The van der Waals surface area contributed by atoms with Gasteiger partial charge in [-0.1, -0.05) is 6.07 Å². The minimum atomic E-state index is -4.79. The summed E-state index contributed by atoms with van der Waals surface area (Å²) in [4.78, 5) is 37.9. The Morgan fingerprint density at radius 3 is 2.23 bits per heavy atom. The van der Waals surface area contributed by atoms with Crippen LogP contribution in [0.3, 0.4) is 0 Å². The van der Waals surface area contributed by atoms with E-state index >= 15 is 0 Å². The van der Waals surface area contributed by atoms with Crippen molar-refractivity contribution in [2.45, 2.75) is 29.1 Å². The zero-order chi connectivity index (χ0) is 23.0. The summed E-state index contributed by atoms with van der Waals surface area (Å²) in [6, 6.07) is 5.72. The number of fused-ring (bicyclic) bond motifs is 1. The molecule has 1 saturated heterocycles. The summed E-state index contributed by atoms with van der Waals surface area (Å²) < 4.78 is 64.7. The van der Waals surface area contributed by atoms with Crippen LogP contribution in [0.2, 0.25) is 0 Å². The molecule has 1 fully saturated rings. The lowest BCUT2D eigenvalue weighted by molar-refractivity contribution is -0.197. The standard InChI is InChI=1S/C17H16N2O10S2/c20-15-3-4-16(21)19(15)29-17(22)5-6-18-11-1-2-13-10(7-11)8-12(30(23,24)25)9-14(13)31(26,27)28/h1-2,7-9,18H,3-6H2,(H,23,24,25)(H,26,27,28). The van der Waals surface area contributed by atoms with Crippen LogP contribution < -0.4 is 5.32 Å². The first-order valence-electron chi connectivity index (χ1n) is 8.69. The van der Waals surface area contributed by atoms with Gasteiger partial charge in [0, 0.05) is 30.5 Å². The third-order valence-electron chi connectivity index (χ3n) is 4.32. The maximum Gasteiger partial charge on any atom is 0.334 e. The van der Waals surface area contributed by atoms with E-state index in [9.17, 15) is 40.3 Å². The maximum absolute atomic E-state index is 11.8. The fourth-order valence-electron chi connectivity index (χ4n) is 2.89. The highest BCUT2D eigenvalue weighted by molar-refractivity contribution is 7.86. The quantitative estimate of drug-likeness (QED) is 0.381. The van der Waals surface area contributed by atoms with Crippen LogP contribution in [0.15, 0.2) is 40.1 Å². The van der Waals surface area contributed by atoms with E-state index in [1.807, 2.05) is 0 Å². The van der Waals surface area contributed by atoms with Crippen molar-refractivity contribution in [1.29, 1.82) is 0 Å². The Morgan fingerprint density at radius 2 is 1.65 bits per heavy atom. The molecule has 14 heteroatoms. The summed E-state index contributed by atoms with van der Waals surface area (Å²) in [5, 5.41) is 3.32. The normalized spacial score (nSPS) is 14.8. The smallest absolute Gasteiger partial charge is 0.334 e. The number of amides is 2. The van der Waals surface area contributed by atoms with Gasteiger partial charge in [0.25, 0.3) is 32.1 Å². The molecular weight excluding hydrogens is 456 g/mol. The third kappa shape index (κ3) is 5.16. The summed E-state index contributed by atoms with van der Waals surface area (Å²) in [7, 11) is -9.55. The van der Waals surface area contributed by atoms with Gasteiger partial charge in [0.1, 0.15) is 4.90 Å². The molecule has 0 aliphatic carbocycles. The fourth-order valence-corrected chi connectivity index (χ4v) is 4.25. The van der Waals surface area contributed by atoms with Gasteiger partial charge in [-0.05, 0) is 29.7 Å². The monoisotopic (exact) mass is 472 g/mol. The van der Waals surface area contributed by atoms with E-state index in [1.54, 1.807) is 0 Å². The van der Waals surface area contributed by atoms with Crippen molar-refractivity contribution in [3.05, 3.63) is 30.3 Å². The molecule has 12 nitrogen and oxygen atoms in total. The molecule has 31 heavy (non-hydrogen) atoms. The Bertz CT molecular complexity index is 1290. The summed E-state index contributed by atoms with van der Waals surface area (Å²) >= 11 is 0. The molecule has 0 saturated carbocycles. The second-order valence-corrected chi connectivity index (χ2v) is 9.34. The minimum absolute atomic E-state index is 0.00368. The highest BCUT2D eigenvalue weighted by atomic mass is 32.2. The number of hydrogen-bond donors (Lipinski definition) is 3. The SMILES string of the molecule is O=C(CCNc1ccc2c(S(=O)(=O)O)cc(S(=O)(=O)O)cc2c1)ON1C(=O)CCC1=O. The van der Waals surface area contributed by atoms with E-state index in [2.05, 4.69) is 5.32 Å². The number of hydrogen-bond acceptors (Lipinski definition) is 9. The first kappa shape index (κ1) is 22.6. The average Bonchev–Trinajstić information content (AvgIpc) is 2.97. The number of benzene rings is 2. The van der Waals surface area contributed by atoms with Crippen LogP contribution in [0.4, 0.5) is 5.69 Å². The van der Waals surface area contributed by atoms with Crippen molar-refractivity contribution in [2.75, 3.05) is 11.9 Å². The highest BCUT2D eigenvalue weighted by Gasteiger charge is 2.32. The fraction of sp³-hybridized carbons (Fsp3) is 0.235. The molecule has 1 aliphatic rings. The molecule has 166 valence electrons. The molecule has 3 rings (SSSR count). The molecule has 0 atom stereocenters. The molecule has 1 heterocycles. The van der Waals surface area contributed by atoms with Crippen molar-refractivity contribution < 1.29 is 45.2 Å². The van der Waals surface area contributed by atoms with Crippen LogP contribution in [-0.2, 0) is 39.5 Å². The lowest BCUT2D eigenvalue weighted by Gasteiger charge is -2.13. The minimum Gasteiger partial charge on any atom is -0.384 e. The van der Waals surface area contributed by atoms with E-state index in [4.69, 9.17) is 4.84 Å². The van der Waals surface area contributed by atoms with E-state index in [-0.39, 0.29) is 36.6 Å². The zero-order valence-corrected chi connectivity index (χ0v) is 17.3. The Labute approximate surface area is 176 Å². The zero-order valence-electron chi connectivity index (χ0n) is 15.6. The van der Waals surface area contributed by atoms with Crippen LogP contribution in [0.25, 0.3) is 10.8 Å². The Morgan fingerprint density at radius 1 is 1.00 bits per heavy atom. The number of carbonyl (C=O) groups is 3.